The predicted octanol–water partition coefficient (Wildman–Crippen LogP) is 3.02. The molecule has 0 saturated carbocycles. The molecule has 0 fully saturated rings. The summed E-state index contributed by atoms with van der Waals surface area (Å²) >= 11 is 0. The number of aromatic nitrogens is 1. The van der Waals surface area contributed by atoms with Crippen LogP contribution in [-0.4, -0.2) is 16.7 Å². The summed E-state index contributed by atoms with van der Waals surface area (Å²) in [5.41, 5.74) is 1.76. The normalized spacial score (nSPS) is 13.8. The fraction of sp³-hybridized carbons (Fsp3) is 0.0500. The van der Waals surface area contributed by atoms with Crippen LogP contribution in [0.1, 0.15) is 26.5 Å². The van der Waals surface area contributed by atoms with Crippen LogP contribution in [0.3, 0.4) is 0 Å². The van der Waals surface area contributed by atoms with Crippen LogP contribution < -0.4 is 4.73 Å². The summed E-state index contributed by atoms with van der Waals surface area (Å²) in [5, 5.41) is 13.7. The summed E-state index contributed by atoms with van der Waals surface area (Å²) < 4.78 is 6.50. The Morgan fingerprint density at radius 3 is 2.31 bits per heavy atom. The van der Waals surface area contributed by atoms with E-state index < -0.39 is 0 Å². The summed E-state index contributed by atoms with van der Waals surface area (Å²) in [6.07, 6.45) is 1.36. The average molecular weight is 344 g/mol. The number of hydrogen-bond acceptors (Lipinski definition) is 4. The molecule has 0 bridgehead atoms. The number of benzene rings is 2. The van der Waals surface area contributed by atoms with Crippen molar-refractivity contribution in [1.29, 1.82) is 0 Å². The third-order valence-corrected chi connectivity index (χ3v) is 4.67. The molecule has 1 aliphatic heterocycles. The molecule has 0 atom stereocenters. The minimum Gasteiger partial charge on any atom is -0.618 e. The standard InChI is InChI=1S/C20H12N2O4/c23-19-14-6-1-2-7-15(14)20(24)21(19)10-12-9-16-13-5-3-4-8-17(13)22(25)11-18(16)26-12/h1-9,11H,10H2. The van der Waals surface area contributed by atoms with Crippen LogP contribution >= 0.6 is 0 Å². The molecular weight excluding hydrogens is 332 g/mol. The minimum atomic E-state index is -0.338. The molecule has 1 aliphatic rings. The number of para-hydroxylation sites is 1. The van der Waals surface area contributed by atoms with E-state index in [4.69, 9.17) is 4.42 Å². The molecule has 2 aromatic heterocycles. The molecule has 0 unspecified atom stereocenters. The summed E-state index contributed by atoms with van der Waals surface area (Å²) in [6.45, 7) is 0.0220. The van der Waals surface area contributed by atoms with E-state index in [1.807, 2.05) is 12.1 Å². The molecule has 2 amide bonds. The Kier molecular flexibility index (Phi) is 2.91. The zero-order chi connectivity index (χ0) is 17.8. The number of amides is 2. The number of nitrogens with zero attached hydrogens (tertiary/aromatic N) is 2. The lowest BCUT2D eigenvalue weighted by Gasteiger charge is -2.11. The lowest BCUT2D eigenvalue weighted by molar-refractivity contribution is -0.575. The quantitative estimate of drug-likeness (QED) is 0.318. The second-order valence-corrected chi connectivity index (χ2v) is 6.20. The van der Waals surface area contributed by atoms with Gasteiger partial charge in [-0.1, -0.05) is 24.3 Å². The van der Waals surface area contributed by atoms with Gasteiger partial charge < -0.3 is 9.62 Å². The van der Waals surface area contributed by atoms with Gasteiger partial charge in [-0.15, -0.1) is 0 Å². The highest BCUT2D eigenvalue weighted by Crippen LogP contribution is 2.29. The number of imide groups is 1. The van der Waals surface area contributed by atoms with Gasteiger partial charge in [-0.2, -0.15) is 4.73 Å². The fourth-order valence-corrected chi connectivity index (χ4v) is 3.45. The Labute approximate surface area is 147 Å². The number of pyridine rings is 1. The first-order valence-electron chi connectivity index (χ1n) is 8.12. The lowest BCUT2D eigenvalue weighted by atomic mass is 10.1. The van der Waals surface area contributed by atoms with Crippen LogP contribution in [0, 0.1) is 5.21 Å². The molecule has 3 heterocycles. The summed E-state index contributed by atoms with van der Waals surface area (Å²) in [4.78, 5) is 26.2. The number of carbonyl (C=O) groups excluding carboxylic acids is 2. The molecule has 4 aromatic rings. The zero-order valence-electron chi connectivity index (χ0n) is 13.5. The third-order valence-electron chi connectivity index (χ3n) is 4.67. The molecule has 6 nitrogen and oxygen atoms in total. The monoisotopic (exact) mass is 344 g/mol. The van der Waals surface area contributed by atoms with E-state index in [9.17, 15) is 14.8 Å². The molecule has 0 saturated heterocycles. The van der Waals surface area contributed by atoms with Gasteiger partial charge in [0.1, 0.15) is 5.76 Å². The van der Waals surface area contributed by atoms with Gasteiger partial charge >= 0.3 is 0 Å². The Hall–Kier alpha value is -3.67. The summed E-state index contributed by atoms with van der Waals surface area (Å²) in [5.74, 6) is -0.226. The van der Waals surface area contributed by atoms with Gasteiger partial charge in [0.2, 0.25) is 11.7 Å². The summed E-state index contributed by atoms with van der Waals surface area (Å²) in [7, 11) is 0. The van der Waals surface area contributed by atoms with Crippen LogP contribution in [0.15, 0.2) is 65.2 Å². The molecule has 5 rings (SSSR count). The van der Waals surface area contributed by atoms with Crippen molar-refractivity contribution in [3.63, 3.8) is 0 Å². The van der Waals surface area contributed by atoms with Crippen LogP contribution in [0.5, 0.6) is 0 Å². The Bertz CT molecular complexity index is 1190. The summed E-state index contributed by atoms with van der Waals surface area (Å²) in [6, 6.07) is 15.7. The molecule has 26 heavy (non-hydrogen) atoms. The van der Waals surface area contributed by atoms with E-state index in [0.29, 0.717) is 28.0 Å². The van der Waals surface area contributed by atoms with Crippen LogP contribution in [0.25, 0.3) is 21.9 Å². The second kappa shape index (κ2) is 5.16. The highest BCUT2D eigenvalue weighted by Gasteiger charge is 2.35. The number of rotatable bonds is 2. The minimum absolute atomic E-state index is 0.0220. The number of fused-ring (bicyclic) bond motifs is 4. The van der Waals surface area contributed by atoms with Gasteiger partial charge in [0.15, 0.2) is 5.58 Å². The molecular formula is C20H12N2O4. The smallest absolute Gasteiger partial charge is 0.261 e. The lowest BCUT2D eigenvalue weighted by Crippen LogP contribution is -2.28. The fourth-order valence-electron chi connectivity index (χ4n) is 3.45. The first-order valence-corrected chi connectivity index (χ1v) is 8.12. The SMILES string of the molecule is O=C1c2ccccc2C(=O)N1Cc1cc2c(c[n+]([O-])c3ccccc23)o1. The maximum Gasteiger partial charge on any atom is 0.261 e. The molecule has 0 aliphatic carbocycles. The zero-order valence-corrected chi connectivity index (χ0v) is 13.5. The van der Waals surface area contributed by atoms with E-state index in [2.05, 4.69) is 0 Å². The maximum absolute atomic E-state index is 12.5. The molecule has 0 radical (unpaired) electrons. The number of hydrogen-bond donors (Lipinski definition) is 0. The first-order chi connectivity index (χ1) is 12.6. The Balaban J connectivity index is 1.58. The highest BCUT2D eigenvalue weighted by molar-refractivity contribution is 6.21. The maximum atomic E-state index is 12.5. The van der Waals surface area contributed by atoms with Crippen LogP contribution in [-0.2, 0) is 6.54 Å². The number of furan rings is 1. The van der Waals surface area contributed by atoms with E-state index >= 15 is 0 Å². The van der Waals surface area contributed by atoms with Gasteiger partial charge in [0.25, 0.3) is 11.8 Å². The van der Waals surface area contributed by atoms with Crippen LogP contribution in [0.4, 0.5) is 0 Å². The van der Waals surface area contributed by atoms with Crippen molar-refractivity contribution < 1.29 is 18.7 Å². The largest absolute Gasteiger partial charge is 0.618 e. The average Bonchev–Trinajstić information content (AvgIpc) is 3.17. The van der Waals surface area contributed by atoms with Gasteiger partial charge in [-0.05, 0) is 24.3 Å². The van der Waals surface area contributed by atoms with Crippen molar-refractivity contribution in [2.75, 3.05) is 0 Å². The molecule has 0 spiro atoms. The van der Waals surface area contributed by atoms with Crippen LogP contribution in [0.2, 0.25) is 0 Å². The number of carbonyl (C=O) groups is 2. The van der Waals surface area contributed by atoms with Crippen molar-refractivity contribution >= 4 is 33.7 Å². The van der Waals surface area contributed by atoms with Gasteiger partial charge in [-0.25, -0.2) is 0 Å². The van der Waals surface area contributed by atoms with E-state index in [1.165, 1.54) is 6.20 Å². The van der Waals surface area contributed by atoms with Crippen molar-refractivity contribution in [2.45, 2.75) is 6.54 Å². The topological polar surface area (TPSA) is 77.5 Å². The molecule has 2 aromatic carbocycles. The van der Waals surface area contributed by atoms with Crippen molar-refractivity contribution in [3.05, 3.63) is 82.9 Å². The molecule has 0 N–H and O–H groups in total. The van der Waals surface area contributed by atoms with Crippen molar-refractivity contribution in [2.24, 2.45) is 0 Å². The van der Waals surface area contributed by atoms with Gasteiger partial charge in [-0.3, -0.25) is 14.5 Å². The Morgan fingerprint density at radius 2 is 1.58 bits per heavy atom. The van der Waals surface area contributed by atoms with E-state index in [0.717, 1.165) is 20.4 Å². The predicted molar refractivity (Wildman–Crippen MR) is 93.3 cm³/mol. The van der Waals surface area contributed by atoms with Gasteiger partial charge in [0.05, 0.1) is 23.1 Å². The van der Waals surface area contributed by atoms with Gasteiger partial charge in [0, 0.05) is 11.5 Å². The van der Waals surface area contributed by atoms with Crippen molar-refractivity contribution in [3.8, 4) is 0 Å². The first kappa shape index (κ1) is 14.7. The molecule has 6 heteroatoms. The molecule has 126 valence electrons. The second-order valence-electron chi connectivity index (χ2n) is 6.20. The van der Waals surface area contributed by atoms with E-state index in [1.54, 1.807) is 42.5 Å². The highest BCUT2D eigenvalue weighted by atomic mass is 16.5. The van der Waals surface area contributed by atoms with Crippen molar-refractivity contribution in [1.82, 2.24) is 4.90 Å². The Morgan fingerprint density at radius 1 is 0.923 bits per heavy atom. The third kappa shape index (κ3) is 1.96. The van der Waals surface area contributed by atoms with E-state index in [-0.39, 0.29) is 18.4 Å².